The Hall–Kier alpha value is -1.11. The SMILES string of the molecule is O=C(NCC[C@H](O)C(=O)O)c1ccc(Cl)s1. The van der Waals surface area contributed by atoms with Crippen molar-refractivity contribution in [3.05, 3.63) is 21.3 Å². The fraction of sp³-hybridized carbons (Fsp3) is 0.333. The second-order valence-corrected chi connectivity index (χ2v) is 4.72. The summed E-state index contributed by atoms with van der Waals surface area (Å²) in [7, 11) is 0. The van der Waals surface area contributed by atoms with E-state index in [0.717, 1.165) is 11.3 Å². The summed E-state index contributed by atoms with van der Waals surface area (Å²) in [5, 5.41) is 19.8. The summed E-state index contributed by atoms with van der Waals surface area (Å²) in [5.41, 5.74) is 0. The Labute approximate surface area is 101 Å². The summed E-state index contributed by atoms with van der Waals surface area (Å²) in [6, 6.07) is 3.18. The van der Waals surface area contributed by atoms with Crippen LogP contribution < -0.4 is 5.32 Å². The van der Waals surface area contributed by atoms with Gasteiger partial charge in [0.2, 0.25) is 0 Å². The van der Waals surface area contributed by atoms with E-state index in [1.807, 2.05) is 0 Å². The third-order valence-electron chi connectivity index (χ3n) is 1.79. The standard InChI is InChI=1S/C9H10ClNO4S/c10-7-2-1-6(16-7)8(13)11-4-3-5(12)9(14)15/h1-2,5,12H,3-4H2,(H,11,13)(H,14,15)/t5-/m0/s1. The number of thiophene rings is 1. The van der Waals surface area contributed by atoms with Gasteiger partial charge in [-0.3, -0.25) is 4.79 Å². The van der Waals surface area contributed by atoms with Crippen LogP contribution in [0, 0.1) is 0 Å². The molecule has 16 heavy (non-hydrogen) atoms. The summed E-state index contributed by atoms with van der Waals surface area (Å²) < 4.78 is 0.510. The van der Waals surface area contributed by atoms with Crippen molar-refractivity contribution in [3.8, 4) is 0 Å². The molecule has 1 rings (SSSR count). The number of hydrogen-bond acceptors (Lipinski definition) is 4. The zero-order chi connectivity index (χ0) is 12.1. The normalized spacial score (nSPS) is 12.1. The molecule has 0 spiro atoms. The molecular weight excluding hydrogens is 254 g/mol. The fourth-order valence-electron chi connectivity index (χ4n) is 0.969. The zero-order valence-electron chi connectivity index (χ0n) is 8.14. The minimum atomic E-state index is -1.45. The monoisotopic (exact) mass is 263 g/mol. The molecule has 0 aliphatic rings. The number of aliphatic hydroxyl groups excluding tert-OH is 1. The van der Waals surface area contributed by atoms with E-state index >= 15 is 0 Å². The first-order valence-electron chi connectivity index (χ1n) is 4.45. The molecule has 1 heterocycles. The maximum absolute atomic E-state index is 11.4. The first-order valence-corrected chi connectivity index (χ1v) is 5.64. The van der Waals surface area contributed by atoms with Gasteiger partial charge in [0.1, 0.15) is 0 Å². The van der Waals surface area contributed by atoms with Gasteiger partial charge in [0.15, 0.2) is 6.10 Å². The fourth-order valence-corrected chi connectivity index (χ4v) is 1.93. The van der Waals surface area contributed by atoms with Crippen molar-refractivity contribution in [1.29, 1.82) is 0 Å². The number of carbonyl (C=O) groups is 2. The van der Waals surface area contributed by atoms with Crippen LogP contribution in [0.1, 0.15) is 16.1 Å². The summed E-state index contributed by atoms with van der Waals surface area (Å²) in [6.45, 7) is 0.0990. The van der Waals surface area contributed by atoms with Crippen LogP contribution in [0.2, 0.25) is 4.34 Å². The van der Waals surface area contributed by atoms with Crippen molar-refractivity contribution < 1.29 is 19.8 Å². The van der Waals surface area contributed by atoms with Crippen LogP contribution in [0.3, 0.4) is 0 Å². The molecule has 0 aliphatic heterocycles. The van der Waals surface area contributed by atoms with Crippen LogP contribution in [0.5, 0.6) is 0 Å². The maximum Gasteiger partial charge on any atom is 0.332 e. The van der Waals surface area contributed by atoms with E-state index in [-0.39, 0.29) is 18.9 Å². The molecule has 5 nitrogen and oxygen atoms in total. The molecule has 0 aliphatic carbocycles. The van der Waals surface area contributed by atoms with Gasteiger partial charge in [0, 0.05) is 13.0 Å². The van der Waals surface area contributed by atoms with E-state index in [1.165, 1.54) is 0 Å². The van der Waals surface area contributed by atoms with Crippen LogP contribution in [-0.2, 0) is 4.79 Å². The quantitative estimate of drug-likeness (QED) is 0.739. The van der Waals surface area contributed by atoms with Gasteiger partial charge in [-0.2, -0.15) is 0 Å². The van der Waals surface area contributed by atoms with Crippen LogP contribution >= 0.6 is 22.9 Å². The molecule has 1 atom stereocenters. The third kappa shape index (κ3) is 3.80. The van der Waals surface area contributed by atoms with Gasteiger partial charge >= 0.3 is 5.97 Å². The molecule has 7 heteroatoms. The molecule has 1 aromatic rings. The van der Waals surface area contributed by atoms with Gasteiger partial charge in [0.05, 0.1) is 9.21 Å². The molecule has 0 fully saturated rings. The molecule has 0 saturated carbocycles. The van der Waals surface area contributed by atoms with E-state index < -0.39 is 12.1 Å². The molecule has 3 N–H and O–H groups in total. The third-order valence-corrected chi connectivity index (χ3v) is 3.02. The Morgan fingerprint density at radius 1 is 1.50 bits per heavy atom. The van der Waals surface area contributed by atoms with Crippen LogP contribution in [-0.4, -0.2) is 34.7 Å². The highest BCUT2D eigenvalue weighted by Gasteiger charge is 2.13. The number of nitrogens with one attached hydrogen (secondary N) is 1. The van der Waals surface area contributed by atoms with Gasteiger partial charge in [0.25, 0.3) is 5.91 Å². The number of aliphatic carboxylic acids is 1. The van der Waals surface area contributed by atoms with Crippen LogP contribution in [0.25, 0.3) is 0 Å². The predicted molar refractivity (Wildman–Crippen MR) is 59.9 cm³/mol. The number of carboxylic acid groups (broad SMARTS) is 1. The Balaban J connectivity index is 2.34. The Morgan fingerprint density at radius 2 is 2.19 bits per heavy atom. The van der Waals surface area contributed by atoms with Crippen molar-refractivity contribution in [2.75, 3.05) is 6.54 Å². The second kappa shape index (κ2) is 5.83. The Morgan fingerprint density at radius 3 is 2.69 bits per heavy atom. The molecule has 1 aromatic heterocycles. The average molecular weight is 264 g/mol. The number of aliphatic hydroxyl groups is 1. The molecule has 88 valence electrons. The average Bonchev–Trinajstić information content (AvgIpc) is 2.64. The molecule has 1 amide bonds. The van der Waals surface area contributed by atoms with Gasteiger partial charge < -0.3 is 15.5 Å². The van der Waals surface area contributed by atoms with Crippen molar-refractivity contribution >= 4 is 34.8 Å². The van der Waals surface area contributed by atoms with Gasteiger partial charge in [-0.05, 0) is 12.1 Å². The molecule has 0 unspecified atom stereocenters. The smallest absolute Gasteiger partial charge is 0.332 e. The van der Waals surface area contributed by atoms with Crippen molar-refractivity contribution in [2.45, 2.75) is 12.5 Å². The van der Waals surface area contributed by atoms with E-state index in [1.54, 1.807) is 12.1 Å². The summed E-state index contributed by atoms with van der Waals surface area (Å²) >= 11 is 6.79. The second-order valence-electron chi connectivity index (χ2n) is 3.00. The van der Waals surface area contributed by atoms with Gasteiger partial charge in [-0.15, -0.1) is 11.3 Å². The maximum atomic E-state index is 11.4. The lowest BCUT2D eigenvalue weighted by molar-refractivity contribution is -0.146. The lowest BCUT2D eigenvalue weighted by Gasteiger charge is -2.05. The first-order chi connectivity index (χ1) is 7.50. The van der Waals surface area contributed by atoms with Gasteiger partial charge in [-0.1, -0.05) is 11.6 Å². The molecule has 0 saturated heterocycles. The van der Waals surface area contributed by atoms with E-state index in [0.29, 0.717) is 9.21 Å². The number of hydrogen-bond donors (Lipinski definition) is 3. The lowest BCUT2D eigenvalue weighted by Crippen LogP contribution is -2.29. The number of rotatable bonds is 5. The summed E-state index contributed by atoms with van der Waals surface area (Å²) in [5.74, 6) is -1.62. The Bertz CT molecular complexity index is 393. The van der Waals surface area contributed by atoms with Crippen molar-refractivity contribution in [2.24, 2.45) is 0 Å². The van der Waals surface area contributed by atoms with Crippen molar-refractivity contribution in [3.63, 3.8) is 0 Å². The van der Waals surface area contributed by atoms with E-state index in [9.17, 15) is 9.59 Å². The number of carbonyl (C=O) groups excluding carboxylic acids is 1. The highest BCUT2D eigenvalue weighted by molar-refractivity contribution is 7.17. The molecule has 0 radical (unpaired) electrons. The molecule has 0 bridgehead atoms. The highest BCUT2D eigenvalue weighted by atomic mass is 35.5. The molecular formula is C9H10ClNO4S. The molecule has 0 aromatic carbocycles. The number of carboxylic acids is 1. The van der Waals surface area contributed by atoms with Crippen molar-refractivity contribution in [1.82, 2.24) is 5.32 Å². The Kier molecular flexibility index (Phi) is 4.72. The summed E-state index contributed by atoms with van der Waals surface area (Å²) in [6.07, 6.45) is -1.48. The van der Waals surface area contributed by atoms with E-state index in [2.05, 4.69) is 5.32 Å². The largest absolute Gasteiger partial charge is 0.479 e. The first kappa shape index (κ1) is 13.0. The lowest BCUT2D eigenvalue weighted by atomic mass is 10.2. The number of halogens is 1. The minimum absolute atomic E-state index is 0.0276. The minimum Gasteiger partial charge on any atom is -0.479 e. The predicted octanol–water partition coefficient (Wildman–Crippen LogP) is 0.967. The van der Waals surface area contributed by atoms with Crippen LogP contribution in [0.15, 0.2) is 12.1 Å². The highest BCUT2D eigenvalue weighted by Crippen LogP contribution is 2.20. The topological polar surface area (TPSA) is 86.6 Å². The summed E-state index contributed by atoms with van der Waals surface area (Å²) in [4.78, 5) is 22.1. The van der Waals surface area contributed by atoms with E-state index in [4.69, 9.17) is 21.8 Å². The number of amides is 1. The van der Waals surface area contributed by atoms with Crippen LogP contribution in [0.4, 0.5) is 0 Å². The van der Waals surface area contributed by atoms with Gasteiger partial charge in [-0.25, -0.2) is 4.79 Å². The zero-order valence-corrected chi connectivity index (χ0v) is 9.72.